The number of amides is 2. The molecule has 1 heterocycles. The first-order chi connectivity index (χ1) is 16.9. The number of carbonyl (C=O) groups is 3. The van der Waals surface area contributed by atoms with Gasteiger partial charge in [0.25, 0.3) is 0 Å². The second-order valence-electron chi connectivity index (χ2n) is 10.1. The second-order valence-corrected chi connectivity index (χ2v) is 10.1. The fraction of sp³-hybridized carbons (Fsp3) is 0.538. The Kier molecular flexibility index (Phi) is 8.27. The van der Waals surface area contributed by atoms with Gasteiger partial charge < -0.3 is 25.6 Å². The van der Waals surface area contributed by atoms with Crippen LogP contribution in [0.3, 0.4) is 0 Å². The van der Waals surface area contributed by atoms with E-state index in [0.29, 0.717) is 54.6 Å². The first kappa shape index (κ1) is 27.0. The maximum absolute atomic E-state index is 12.6. The Morgan fingerprint density at radius 2 is 1.86 bits per heavy atom. The molecule has 1 aromatic heterocycles. The number of benzene rings is 1. The number of anilines is 1. The van der Waals surface area contributed by atoms with Crippen molar-refractivity contribution in [3.8, 4) is 5.75 Å². The number of nitrogens with two attached hydrogens (primary N) is 1. The monoisotopic (exact) mass is 500 g/mol. The smallest absolute Gasteiger partial charge is 0.410 e. The number of nitrogen functional groups attached to an aromatic ring is 1. The summed E-state index contributed by atoms with van der Waals surface area (Å²) in [6.45, 7) is 9.09. The predicted octanol–water partition coefficient (Wildman–Crippen LogP) is 3.89. The summed E-state index contributed by atoms with van der Waals surface area (Å²) < 4.78 is 11.6. The average Bonchev–Trinajstić information content (AvgIpc) is 2.77. The highest BCUT2D eigenvalue weighted by molar-refractivity contribution is 6.06. The molecule has 0 saturated heterocycles. The lowest BCUT2D eigenvalue weighted by Crippen LogP contribution is -2.46. The molecule has 0 bridgehead atoms. The van der Waals surface area contributed by atoms with Crippen LogP contribution in [0.15, 0.2) is 18.2 Å². The first-order valence-electron chi connectivity index (χ1n) is 12.3. The Labute approximate surface area is 211 Å². The third-order valence-electron chi connectivity index (χ3n) is 6.11. The molecule has 1 fully saturated rings. The summed E-state index contributed by atoms with van der Waals surface area (Å²) in [6.07, 6.45) is 2.22. The lowest BCUT2D eigenvalue weighted by Gasteiger charge is -2.31. The van der Waals surface area contributed by atoms with Crippen LogP contribution in [0.4, 0.5) is 10.5 Å². The lowest BCUT2D eigenvalue weighted by atomic mass is 9.92. The third-order valence-corrected chi connectivity index (χ3v) is 6.11. The summed E-state index contributed by atoms with van der Waals surface area (Å²) in [5, 5.41) is 13.1. The molecule has 1 saturated carbocycles. The molecule has 10 nitrogen and oxygen atoms in total. The van der Waals surface area contributed by atoms with Gasteiger partial charge >= 0.3 is 12.1 Å². The van der Waals surface area contributed by atoms with Crippen molar-refractivity contribution < 1.29 is 29.0 Å². The minimum absolute atomic E-state index is 0.0162. The van der Waals surface area contributed by atoms with E-state index in [2.05, 4.69) is 10.3 Å². The van der Waals surface area contributed by atoms with Crippen LogP contribution in [-0.2, 0) is 9.53 Å². The molecule has 0 unspecified atom stereocenters. The van der Waals surface area contributed by atoms with E-state index < -0.39 is 17.7 Å². The highest BCUT2D eigenvalue weighted by Crippen LogP contribution is 2.35. The zero-order chi connectivity index (χ0) is 26.6. The molecule has 3 rings (SSSR count). The fourth-order valence-electron chi connectivity index (χ4n) is 4.39. The van der Waals surface area contributed by atoms with Crippen LogP contribution in [0.1, 0.15) is 69.4 Å². The fourth-order valence-corrected chi connectivity index (χ4v) is 4.39. The van der Waals surface area contributed by atoms with Crippen molar-refractivity contribution in [3.05, 3.63) is 29.5 Å². The zero-order valence-corrected chi connectivity index (χ0v) is 21.6. The van der Waals surface area contributed by atoms with Gasteiger partial charge in [0.2, 0.25) is 5.91 Å². The number of carbonyl (C=O) groups excluding carboxylic acids is 2. The van der Waals surface area contributed by atoms with Crippen molar-refractivity contribution in [1.29, 1.82) is 0 Å². The molecule has 10 heteroatoms. The predicted molar refractivity (Wildman–Crippen MR) is 136 cm³/mol. The van der Waals surface area contributed by atoms with E-state index in [1.54, 1.807) is 52.8 Å². The number of fused-ring (bicyclic) bond motifs is 1. The number of ether oxygens (including phenoxy) is 2. The number of aromatic nitrogens is 1. The van der Waals surface area contributed by atoms with Crippen LogP contribution in [-0.4, -0.2) is 63.8 Å². The summed E-state index contributed by atoms with van der Waals surface area (Å²) in [7, 11) is 0. The van der Waals surface area contributed by atoms with Crippen molar-refractivity contribution in [2.45, 2.75) is 78.0 Å². The third kappa shape index (κ3) is 6.56. The van der Waals surface area contributed by atoms with Gasteiger partial charge in [-0.1, -0.05) is 6.07 Å². The van der Waals surface area contributed by atoms with E-state index in [1.807, 2.05) is 0 Å². The topological polar surface area (TPSA) is 144 Å². The maximum atomic E-state index is 12.6. The van der Waals surface area contributed by atoms with Gasteiger partial charge in [0.15, 0.2) is 0 Å². The molecular formula is C26H36N4O6. The van der Waals surface area contributed by atoms with E-state index in [0.717, 1.165) is 0 Å². The number of carboxylic acid groups (broad SMARTS) is 1. The number of rotatable bonds is 7. The van der Waals surface area contributed by atoms with E-state index in [4.69, 9.17) is 15.2 Å². The van der Waals surface area contributed by atoms with Crippen molar-refractivity contribution in [3.63, 3.8) is 0 Å². The number of nitrogens with zero attached hydrogens (tertiary/aromatic N) is 2. The van der Waals surface area contributed by atoms with Crippen LogP contribution < -0.4 is 15.8 Å². The van der Waals surface area contributed by atoms with E-state index >= 15 is 0 Å². The molecule has 1 aliphatic rings. The average molecular weight is 501 g/mol. The zero-order valence-electron chi connectivity index (χ0n) is 21.6. The Bertz CT molecular complexity index is 1140. The van der Waals surface area contributed by atoms with Gasteiger partial charge in [0.05, 0.1) is 28.4 Å². The summed E-state index contributed by atoms with van der Waals surface area (Å²) >= 11 is 0. The van der Waals surface area contributed by atoms with E-state index in [-0.39, 0.29) is 35.8 Å². The minimum Gasteiger partial charge on any atom is -0.490 e. The van der Waals surface area contributed by atoms with Crippen LogP contribution in [0, 0.1) is 6.92 Å². The van der Waals surface area contributed by atoms with Crippen LogP contribution in [0.5, 0.6) is 5.75 Å². The minimum atomic E-state index is -1.13. The molecule has 196 valence electrons. The van der Waals surface area contributed by atoms with E-state index in [1.165, 1.54) is 4.90 Å². The van der Waals surface area contributed by atoms with Crippen molar-refractivity contribution in [1.82, 2.24) is 15.2 Å². The quantitative estimate of drug-likeness (QED) is 0.519. The Balaban J connectivity index is 1.59. The first-order valence-corrected chi connectivity index (χ1v) is 12.3. The van der Waals surface area contributed by atoms with Crippen LogP contribution in [0.25, 0.3) is 10.9 Å². The highest BCUT2D eigenvalue weighted by Gasteiger charge is 2.27. The highest BCUT2D eigenvalue weighted by atomic mass is 16.6. The maximum Gasteiger partial charge on any atom is 0.410 e. The molecule has 2 aromatic rings. The standard InChI is InChI=1S/C26H36N4O6/c1-6-30(25(34)36-26(3,4)5)14-20(31)29-16-10-12-17(13-11-16)35-19-9-7-8-18-22(19)23(27)21(24(32)33)15(2)28-18/h7-9,16-17H,6,10-14H2,1-5H3,(H2,27,28)(H,29,31)(H,32,33). The van der Waals surface area contributed by atoms with Crippen molar-refractivity contribution >= 4 is 34.6 Å². The molecule has 2 amide bonds. The van der Waals surface area contributed by atoms with Gasteiger partial charge in [-0.05, 0) is 72.4 Å². The number of aryl methyl sites for hydroxylation is 1. The molecule has 4 N–H and O–H groups in total. The summed E-state index contributed by atoms with van der Waals surface area (Å²) in [5.41, 5.74) is 6.66. The van der Waals surface area contributed by atoms with Gasteiger partial charge in [-0.3, -0.25) is 14.7 Å². The van der Waals surface area contributed by atoms with Crippen molar-refractivity contribution in [2.75, 3.05) is 18.8 Å². The van der Waals surface area contributed by atoms with Gasteiger partial charge in [-0.2, -0.15) is 0 Å². The molecule has 0 aliphatic heterocycles. The molecule has 1 aromatic carbocycles. The normalized spacial score (nSPS) is 17.9. The summed E-state index contributed by atoms with van der Waals surface area (Å²) in [4.78, 5) is 42.3. The number of nitrogens with one attached hydrogen (secondary N) is 1. The Hall–Kier alpha value is -3.56. The Morgan fingerprint density at radius 3 is 2.44 bits per heavy atom. The number of hydrogen-bond donors (Lipinski definition) is 3. The number of likely N-dealkylation sites (N-methyl/N-ethyl adjacent to an activating group) is 1. The van der Waals surface area contributed by atoms with Crippen molar-refractivity contribution in [2.24, 2.45) is 0 Å². The molecular weight excluding hydrogens is 464 g/mol. The molecule has 36 heavy (non-hydrogen) atoms. The second kappa shape index (κ2) is 11.0. The molecule has 1 aliphatic carbocycles. The van der Waals surface area contributed by atoms with Gasteiger partial charge in [-0.15, -0.1) is 0 Å². The van der Waals surface area contributed by atoms with Gasteiger partial charge in [0.1, 0.15) is 23.5 Å². The number of aromatic carboxylic acids is 1. The largest absolute Gasteiger partial charge is 0.490 e. The van der Waals surface area contributed by atoms with Gasteiger partial charge in [0, 0.05) is 12.6 Å². The molecule has 0 spiro atoms. The summed E-state index contributed by atoms with van der Waals surface area (Å²) in [6, 6.07) is 5.33. The van der Waals surface area contributed by atoms with Crippen LogP contribution >= 0.6 is 0 Å². The Morgan fingerprint density at radius 1 is 1.19 bits per heavy atom. The lowest BCUT2D eigenvalue weighted by molar-refractivity contribution is -0.123. The number of hydrogen-bond acceptors (Lipinski definition) is 7. The van der Waals surface area contributed by atoms with Gasteiger partial charge in [-0.25, -0.2) is 9.59 Å². The van der Waals surface area contributed by atoms with E-state index in [9.17, 15) is 19.5 Å². The number of pyridine rings is 1. The summed E-state index contributed by atoms with van der Waals surface area (Å²) in [5.74, 6) is -0.848. The molecule has 0 radical (unpaired) electrons. The number of carboxylic acids is 1. The van der Waals surface area contributed by atoms with Crippen LogP contribution in [0.2, 0.25) is 0 Å². The molecule has 0 atom stereocenters. The SMILES string of the molecule is CCN(CC(=O)NC1CCC(Oc2cccc3nc(C)c(C(=O)O)c(N)c23)CC1)C(=O)OC(C)(C)C.